The van der Waals surface area contributed by atoms with Gasteiger partial charge in [0.2, 0.25) is 5.91 Å². The van der Waals surface area contributed by atoms with Crippen LogP contribution in [0.15, 0.2) is 41.4 Å². The van der Waals surface area contributed by atoms with E-state index in [0.717, 1.165) is 5.57 Å². The van der Waals surface area contributed by atoms with Crippen molar-refractivity contribution in [3.05, 3.63) is 79.2 Å². The summed E-state index contributed by atoms with van der Waals surface area (Å²) in [4.78, 5) is 37.2. The number of benzene rings is 1. The molecular weight excluding hydrogens is 673 g/mol. The van der Waals surface area contributed by atoms with E-state index in [4.69, 9.17) is 39.8 Å². The number of aromatic hydroxyl groups is 1. The summed E-state index contributed by atoms with van der Waals surface area (Å²) in [5.74, 6) is -4.54. The second-order valence-corrected chi connectivity index (χ2v) is 13.1. The number of anilines is 1. The van der Waals surface area contributed by atoms with Crippen LogP contribution in [0.1, 0.15) is 33.3 Å². The molecule has 1 N–H and O–H groups in total. The van der Waals surface area contributed by atoms with E-state index >= 15 is 4.39 Å². The van der Waals surface area contributed by atoms with Crippen molar-refractivity contribution < 1.29 is 18.7 Å². The molecule has 1 amide bonds. The number of amides is 1. The number of allylic oxidation sites excluding steroid dienone is 2. The number of phenols is 1. The Morgan fingerprint density at radius 1 is 1.21 bits per heavy atom. The molecule has 2 atom stereocenters. The molecule has 2 aliphatic heterocycles. The fourth-order valence-electron chi connectivity index (χ4n) is 6.46. The maximum atomic E-state index is 15.5. The third kappa shape index (κ3) is 5.52. The summed E-state index contributed by atoms with van der Waals surface area (Å²) >= 11 is 19.1. The first-order valence-corrected chi connectivity index (χ1v) is 15.8. The second kappa shape index (κ2) is 12.8. The number of aromatic nitrogens is 2. The van der Waals surface area contributed by atoms with Gasteiger partial charge in [0.1, 0.15) is 17.3 Å². The number of carbonyl (C=O) groups is 1. The Labute approximate surface area is 285 Å². The van der Waals surface area contributed by atoms with Crippen LogP contribution >= 0.6 is 34.8 Å². The average molecular weight is 704 g/mol. The van der Waals surface area contributed by atoms with Crippen LogP contribution in [0.25, 0.3) is 28.0 Å². The van der Waals surface area contributed by atoms with Gasteiger partial charge in [-0.3, -0.25) is 14.2 Å². The van der Waals surface area contributed by atoms with Crippen LogP contribution in [-0.4, -0.2) is 69.1 Å². The highest BCUT2D eigenvalue weighted by Gasteiger charge is 2.35. The maximum Gasteiger partial charge on any atom is 0.276 e. The molecule has 0 radical (unpaired) electrons. The first-order chi connectivity index (χ1) is 22.2. The van der Waals surface area contributed by atoms with Crippen molar-refractivity contribution in [1.82, 2.24) is 19.4 Å². The number of phenolic OH excluding ortho intramolecular Hbond substituents is 1. The molecule has 47 heavy (non-hydrogen) atoms. The Morgan fingerprint density at radius 3 is 2.49 bits per heavy atom. The van der Waals surface area contributed by atoms with Crippen LogP contribution in [0.4, 0.5) is 14.5 Å². The van der Waals surface area contributed by atoms with Crippen LogP contribution in [-0.2, 0) is 4.79 Å². The van der Waals surface area contributed by atoms with Crippen molar-refractivity contribution in [3.63, 3.8) is 0 Å². The molecule has 1 fully saturated rings. The van der Waals surface area contributed by atoms with Gasteiger partial charge in [-0.1, -0.05) is 55.2 Å². The lowest BCUT2D eigenvalue weighted by Crippen LogP contribution is -2.54. The molecule has 0 bridgehead atoms. The van der Waals surface area contributed by atoms with Gasteiger partial charge in [-0.15, -0.1) is 0 Å². The summed E-state index contributed by atoms with van der Waals surface area (Å²) in [5.41, 5.74) is -0.218. The van der Waals surface area contributed by atoms with Crippen molar-refractivity contribution in [2.24, 2.45) is 5.92 Å². The molecule has 1 unspecified atom stereocenters. The van der Waals surface area contributed by atoms with Gasteiger partial charge < -0.3 is 19.8 Å². The zero-order chi connectivity index (χ0) is 34.6. The average Bonchev–Trinajstić information content (AvgIpc) is 3.03. The SMILES string of the molecule is C=CC(=O)N1CCN(c2c(C#N)c(=O)n(C3=C(C)C=CN(C)C3C(C)C)c3nc(-c4c(F)c(O)c(F)c(Cl)c4Cl)c(Cl)cc23)C[C@H]1C. The Bertz CT molecular complexity index is 1990. The number of hydrogen-bond acceptors (Lipinski definition) is 7. The summed E-state index contributed by atoms with van der Waals surface area (Å²) in [7, 11) is 1.86. The molecule has 1 aromatic carbocycles. The minimum absolute atomic E-state index is 0.0137. The van der Waals surface area contributed by atoms with Gasteiger partial charge >= 0.3 is 0 Å². The number of piperazine rings is 1. The minimum Gasteiger partial charge on any atom is -0.503 e. The van der Waals surface area contributed by atoms with Crippen LogP contribution in [0.3, 0.4) is 0 Å². The van der Waals surface area contributed by atoms with E-state index in [-0.39, 0.29) is 71.2 Å². The number of carbonyl (C=O) groups excluding carboxylic acids is 1. The quantitative estimate of drug-likeness (QED) is 0.177. The molecule has 2 aliphatic rings. The molecular formula is C33H31Cl3F2N6O3. The third-order valence-corrected chi connectivity index (χ3v) is 9.74. The predicted molar refractivity (Wildman–Crippen MR) is 181 cm³/mol. The maximum absolute atomic E-state index is 15.5. The molecule has 246 valence electrons. The molecule has 0 saturated carbocycles. The number of likely N-dealkylation sites (N-methyl/N-ethyl adjacent to an activating group) is 1. The molecule has 2 aromatic heterocycles. The van der Waals surface area contributed by atoms with Gasteiger partial charge in [0.05, 0.1) is 43.8 Å². The van der Waals surface area contributed by atoms with Gasteiger partial charge in [-0.05, 0) is 49.8 Å². The number of nitriles is 1. The lowest BCUT2D eigenvalue weighted by Gasteiger charge is -2.41. The van der Waals surface area contributed by atoms with Crippen LogP contribution in [0.2, 0.25) is 15.1 Å². The van der Waals surface area contributed by atoms with Crippen molar-refractivity contribution in [1.29, 1.82) is 5.26 Å². The smallest absolute Gasteiger partial charge is 0.276 e. The Balaban J connectivity index is 1.92. The van der Waals surface area contributed by atoms with Gasteiger partial charge in [-0.25, -0.2) is 13.8 Å². The number of nitrogens with zero attached hydrogens (tertiary/aromatic N) is 6. The fraction of sp³-hybridized carbons (Fsp3) is 0.333. The fourth-order valence-corrected chi connectivity index (χ4v) is 7.14. The number of hydrogen-bond donors (Lipinski definition) is 1. The van der Waals surface area contributed by atoms with Crippen molar-refractivity contribution in [3.8, 4) is 23.1 Å². The lowest BCUT2D eigenvalue weighted by molar-refractivity contribution is -0.128. The number of rotatable bonds is 5. The van der Waals surface area contributed by atoms with Crippen molar-refractivity contribution in [2.45, 2.75) is 39.8 Å². The summed E-state index contributed by atoms with van der Waals surface area (Å²) < 4.78 is 31.3. The van der Waals surface area contributed by atoms with Crippen LogP contribution in [0.5, 0.6) is 5.75 Å². The number of fused-ring (bicyclic) bond motifs is 1. The zero-order valence-electron chi connectivity index (χ0n) is 26.2. The van der Waals surface area contributed by atoms with E-state index in [2.05, 4.69) is 12.6 Å². The van der Waals surface area contributed by atoms with Gasteiger partial charge in [-0.2, -0.15) is 5.26 Å². The standard InChI is InChI=1S/C33H31Cl3F2N6O3/c1-7-21(45)43-11-10-42(14-17(43)5)30-18-12-20(34)27(22-23(35)24(36)26(38)31(46)25(22)37)40-32(18)44(33(47)19(30)13-39)29-16(4)8-9-41(6)28(29)15(2)3/h7-9,12,15,17,28,46H,1,10-11,14H2,2-6H3/t17-,28?/m1/s1. The molecule has 4 heterocycles. The number of halogens is 5. The first kappa shape index (κ1) is 34.2. The minimum atomic E-state index is -1.45. The molecule has 3 aromatic rings. The topological polar surface area (TPSA) is 106 Å². The van der Waals surface area contributed by atoms with Gasteiger partial charge in [0, 0.05) is 38.1 Å². The third-order valence-electron chi connectivity index (χ3n) is 8.62. The van der Waals surface area contributed by atoms with Crippen molar-refractivity contribution in [2.75, 3.05) is 31.6 Å². The van der Waals surface area contributed by atoms with E-state index in [1.165, 1.54) is 16.7 Å². The van der Waals surface area contributed by atoms with Gasteiger partial charge in [0.25, 0.3) is 5.56 Å². The van der Waals surface area contributed by atoms with E-state index < -0.39 is 38.6 Å². The molecule has 5 rings (SSSR count). The molecule has 1 saturated heterocycles. The summed E-state index contributed by atoms with van der Waals surface area (Å²) in [6, 6.07) is 2.87. The summed E-state index contributed by atoms with van der Waals surface area (Å²) in [5, 5.41) is 19.5. The highest BCUT2D eigenvalue weighted by molar-refractivity contribution is 6.44. The second-order valence-electron chi connectivity index (χ2n) is 11.9. The molecule has 9 nitrogen and oxygen atoms in total. The zero-order valence-corrected chi connectivity index (χ0v) is 28.5. The van der Waals surface area contributed by atoms with E-state index in [1.807, 2.05) is 56.8 Å². The van der Waals surface area contributed by atoms with E-state index in [1.54, 1.807) is 4.90 Å². The Kier molecular flexibility index (Phi) is 9.34. The highest BCUT2D eigenvalue weighted by atomic mass is 35.5. The summed E-state index contributed by atoms with van der Waals surface area (Å²) in [6.45, 7) is 12.0. The lowest BCUT2D eigenvalue weighted by atomic mass is 9.93. The monoisotopic (exact) mass is 702 g/mol. The Morgan fingerprint density at radius 2 is 1.89 bits per heavy atom. The van der Waals surface area contributed by atoms with Crippen molar-refractivity contribution >= 4 is 63.1 Å². The highest BCUT2D eigenvalue weighted by Crippen LogP contribution is 2.46. The molecule has 0 spiro atoms. The van der Waals surface area contributed by atoms with Crippen LogP contribution < -0.4 is 10.5 Å². The molecule has 14 heteroatoms. The largest absolute Gasteiger partial charge is 0.503 e. The first-order valence-electron chi connectivity index (χ1n) is 14.7. The predicted octanol–water partition coefficient (Wildman–Crippen LogP) is 6.82. The van der Waals surface area contributed by atoms with E-state index in [0.29, 0.717) is 11.1 Å². The number of pyridine rings is 2. The molecule has 0 aliphatic carbocycles. The normalized spacial score (nSPS) is 18.4. The van der Waals surface area contributed by atoms with Gasteiger partial charge in [0.15, 0.2) is 17.4 Å². The van der Waals surface area contributed by atoms with Crippen LogP contribution in [0, 0.1) is 28.9 Å². The summed E-state index contributed by atoms with van der Waals surface area (Å²) in [6.07, 6.45) is 4.94. The Hall–Kier alpha value is -4.11. The van der Waals surface area contributed by atoms with E-state index in [9.17, 15) is 24.3 Å².